The number of nitrogens with one attached hydrogen (secondary N) is 1. The van der Waals surface area contributed by atoms with Crippen molar-refractivity contribution in [1.29, 1.82) is 0 Å². The Labute approximate surface area is 140 Å². The quantitative estimate of drug-likeness (QED) is 0.812. The molecule has 126 valence electrons. The number of rotatable bonds is 5. The number of pyridine rings is 1. The number of Topliss-reactive ketones (excluding diaryl/α,β-unsaturated/α-hetero) is 1. The highest BCUT2D eigenvalue weighted by Crippen LogP contribution is 2.51. The Morgan fingerprint density at radius 3 is 2.48 bits per heavy atom. The Hall–Kier alpha value is -1.47. The van der Waals surface area contributed by atoms with Gasteiger partial charge in [0, 0.05) is 18.0 Å². The zero-order valence-corrected chi connectivity index (χ0v) is 14.7. The van der Waals surface area contributed by atoms with Gasteiger partial charge in [-0.2, -0.15) is 0 Å². The molecule has 23 heavy (non-hydrogen) atoms. The minimum atomic E-state index is -3.82. The van der Waals surface area contributed by atoms with Crippen LogP contribution in [0.25, 0.3) is 0 Å². The van der Waals surface area contributed by atoms with Gasteiger partial charge >= 0.3 is 0 Å². The van der Waals surface area contributed by atoms with Gasteiger partial charge in [0.2, 0.25) is 15.9 Å². The summed E-state index contributed by atoms with van der Waals surface area (Å²) in [5, 5.41) is 0.265. The van der Waals surface area contributed by atoms with Crippen LogP contribution in [0.3, 0.4) is 0 Å². The number of hydrogen-bond acceptors (Lipinski definition) is 5. The molecule has 1 heterocycles. The number of amides is 1. The highest BCUT2D eigenvalue weighted by atomic mass is 35.5. The largest absolute Gasteiger partial charge is 0.300 e. The van der Waals surface area contributed by atoms with Crippen LogP contribution in [0.4, 0.5) is 0 Å². The van der Waals surface area contributed by atoms with Crippen LogP contribution < -0.4 is 4.72 Å². The van der Waals surface area contributed by atoms with Crippen molar-refractivity contribution in [2.75, 3.05) is 0 Å². The zero-order chi connectivity index (χ0) is 17.4. The summed E-state index contributed by atoms with van der Waals surface area (Å²) in [6.45, 7) is 5.11. The minimum Gasteiger partial charge on any atom is -0.300 e. The van der Waals surface area contributed by atoms with Crippen molar-refractivity contribution in [3.05, 3.63) is 29.0 Å². The van der Waals surface area contributed by atoms with E-state index in [4.69, 9.17) is 11.6 Å². The van der Waals surface area contributed by atoms with Gasteiger partial charge in [-0.3, -0.25) is 14.3 Å². The number of hydrogen-bond donors (Lipinski definition) is 1. The van der Waals surface area contributed by atoms with Crippen molar-refractivity contribution in [2.24, 2.45) is 17.3 Å². The van der Waals surface area contributed by atoms with E-state index < -0.39 is 27.3 Å². The van der Waals surface area contributed by atoms with E-state index in [9.17, 15) is 18.0 Å². The molecule has 0 radical (unpaired) electrons. The molecule has 1 aromatic heterocycles. The van der Waals surface area contributed by atoms with Crippen molar-refractivity contribution in [2.45, 2.75) is 32.9 Å². The van der Waals surface area contributed by atoms with Crippen molar-refractivity contribution >= 4 is 33.3 Å². The Morgan fingerprint density at radius 1 is 1.35 bits per heavy atom. The lowest BCUT2D eigenvalue weighted by atomic mass is 9.53. The molecule has 0 aliphatic heterocycles. The summed E-state index contributed by atoms with van der Waals surface area (Å²) in [5.41, 5.74) is -0.100. The maximum atomic E-state index is 12.2. The van der Waals surface area contributed by atoms with Gasteiger partial charge in [-0.05, 0) is 30.4 Å². The first-order valence-electron chi connectivity index (χ1n) is 7.18. The Kier molecular flexibility index (Phi) is 4.82. The summed E-state index contributed by atoms with van der Waals surface area (Å²) < 4.78 is 26.3. The van der Waals surface area contributed by atoms with Crippen LogP contribution in [0.2, 0.25) is 5.15 Å². The molecule has 0 saturated heterocycles. The smallest absolute Gasteiger partial charge is 0.239 e. The second-order valence-corrected chi connectivity index (χ2v) is 8.60. The fourth-order valence-corrected chi connectivity index (χ4v) is 4.27. The number of carbonyl (C=O) groups excluding carboxylic acids is 2. The first-order valence-corrected chi connectivity index (χ1v) is 9.21. The summed E-state index contributed by atoms with van der Waals surface area (Å²) >= 11 is 5.65. The molecule has 1 amide bonds. The number of nitrogens with zero attached hydrogens (tertiary/aromatic N) is 1. The van der Waals surface area contributed by atoms with Gasteiger partial charge in [-0.25, -0.2) is 13.4 Å². The second-order valence-electron chi connectivity index (χ2n) is 6.49. The van der Waals surface area contributed by atoms with Crippen LogP contribution in [-0.2, 0) is 25.4 Å². The van der Waals surface area contributed by atoms with Crippen molar-refractivity contribution in [3.63, 3.8) is 0 Å². The van der Waals surface area contributed by atoms with E-state index in [0.717, 1.165) is 0 Å². The summed E-state index contributed by atoms with van der Waals surface area (Å²) in [7, 11) is -3.82. The molecule has 8 heteroatoms. The lowest BCUT2D eigenvalue weighted by Crippen LogP contribution is -2.55. The number of ketones is 1. The fraction of sp³-hybridized carbons (Fsp3) is 0.533. The molecular weight excluding hydrogens is 340 g/mol. The van der Waals surface area contributed by atoms with Crippen LogP contribution in [0.5, 0.6) is 0 Å². The van der Waals surface area contributed by atoms with Gasteiger partial charge in [0.1, 0.15) is 10.9 Å². The number of sulfonamides is 1. The maximum absolute atomic E-state index is 12.2. The highest BCUT2D eigenvalue weighted by molar-refractivity contribution is 7.89. The molecule has 2 atom stereocenters. The zero-order valence-electron chi connectivity index (χ0n) is 13.2. The highest BCUT2D eigenvalue weighted by Gasteiger charge is 2.54. The van der Waals surface area contributed by atoms with Gasteiger partial charge in [0.05, 0.1) is 5.75 Å². The molecule has 2 rings (SSSR count). The monoisotopic (exact) mass is 358 g/mol. The Morgan fingerprint density at radius 2 is 2.00 bits per heavy atom. The average molecular weight is 359 g/mol. The number of carbonyl (C=O) groups is 2. The summed E-state index contributed by atoms with van der Waals surface area (Å²) in [6, 6.07) is 3.03. The Balaban J connectivity index is 2.02. The summed E-state index contributed by atoms with van der Waals surface area (Å²) in [5.74, 6) is -1.59. The standard InChI is InChI=1S/C15H19ClN2O4S/c1-9(19)11-6-12(15(11,2)3)14(20)18-23(21,22)8-10-4-5-13(16)17-7-10/h4-5,7,11-12H,6,8H2,1-3H3,(H,18,20)/t11-,12+/m0/s1. The molecule has 1 saturated carbocycles. The Bertz CT molecular complexity index is 728. The number of aromatic nitrogens is 1. The number of halogens is 1. The lowest BCUT2D eigenvalue weighted by Gasteiger charge is -2.49. The predicted octanol–water partition coefficient (Wildman–Crippen LogP) is 1.93. The van der Waals surface area contributed by atoms with E-state index in [1.165, 1.54) is 25.3 Å². The molecule has 0 unspecified atom stereocenters. The fourth-order valence-electron chi connectivity index (χ4n) is 3.03. The van der Waals surface area contributed by atoms with E-state index in [2.05, 4.69) is 9.71 Å². The predicted molar refractivity (Wildman–Crippen MR) is 86.1 cm³/mol. The van der Waals surface area contributed by atoms with E-state index in [1.54, 1.807) is 0 Å². The third-order valence-corrected chi connectivity index (χ3v) is 5.93. The third-order valence-electron chi connectivity index (χ3n) is 4.48. The molecule has 0 bridgehead atoms. The van der Waals surface area contributed by atoms with E-state index >= 15 is 0 Å². The normalized spacial score (nSPS) is 23.0. The molecule has 1 N–H and O–H groups in total. The minimum absolute atomic E-state index is 0.0224. The van der Waals surface area contributed by atoms with Crippen LogP contribution in [-0.4, -0.2) is 25.1 Å². The SMILES string of the molecule is CC(=O)[C@@H]1C[C@H](C(=O)NS(=O)(=O)Cc2ccc(Cl)nc2)C1(C)C. The van der Waals surface area contributed by atoms with E-state index in [-0.39, 0.29) is 22.6 Å². The lowest BCUT2D eigenvalue weighted by molar-refractivity contribution is -0.147. The molecule has 1 fully saturated rings. The molecule has 1 aliphatic rings. The van der Waals surface area contributed by atoms with Gasteiger partial charge < -0.3 is 0 Å². The van der Waals surface area contributed by atoms with Crippen molar-refractivity contribution in [1.82, 2.24) is 9.71 Å². The van der Waals surface area contributed by atoms with Crippen LogP contribution in [0.1, 0.15) is 32.8 Å². The van der Waals surface area contributed by atoms with Crippen LogP contribution in [0.15, 0.2) is 18.3 Å². The topological polar surface area (TPSA) is 93.2 Å². The van der Waals surface area contributed by atoms with Crippen molar-refractivity contribution in [3.8, 4) is 0 Å². The van der Waals surface area contributed by atoms with Crippen LogP contribution in [0, 0.1) is 17.3 Å². The first-order chi connectivity index (χ1) is 10.5. The molecular formula is C15H19ClN2O4S. The average Bonchev–Trinajstić information content (AvgIpc) is 2.38. The van der Waals surface area contributed by atoms with Gasteiger partial charge in [0.15, 0.2) is 0 Å². The third kappa shape index (κ3) is 3.90. The van der Waals surface area contributed by atoms with Crippen molar-refractivity contribution < 1.29 is 18.0 Å². The maximum Gasteiger partial charge on any atom is 0.239 e. The van der Waals surface area contributed by atoms with Gasteiger partial charge in [0.25, 0.3) is 0 Å². The molecule has 6 nitrogen and oxygen atoms in total. The molecule has 1 aromatic rings. The molecule has 1 aliphatic carbocycles. The van der Waals surface area contributed by atoms with Gasteiger partial charge in [-0.15, -0.1) is 0 Å². The summed E-state index contributed by atoms with van der Waals surface area (Å²) in [4.78, 5) is 27.5. The molecule has 0 spiro atoms. The second kappa shape index (κ2) is 6.20. The summed E-state index contributed by atoms with van der Waals surface area (Å²) in [6.07, 6.45) is 1.73. The molecule has 0 aromatic carbocycles. The first kappa shape index (κ1) is 17.9. The van der Waals surface area contributed by atoms with E-state index in [1.807, 2.05) is 13.8 Å². The van der Waals surface area contributed by atoms with Crippen LogP contribution >= 0.6 is 11.6 Å². The van der Waals surface area contributed by atoms with E-state index in [0.29, 0.717) is 12.0 Å². The van der Waals surface area contributed by atoms with Gasteiger partial charge in [-0.1, -0.05) is 31.5 Å².